The number of carbonyl (C=O) groups is 1. The molecule has 0 atom stereocenters. The number of para-hydroxylation sites is 2. The first-order valence-electron chi connectivity index (χ1n) is 8.83. The summed E-state index contributed by atoms with van der Waals surface area (Å²) in [5, 5.41) is 12.0. The number of rotatable bonds is 6. The molecule has 0 aliphatic rings. The van der Waals surface area contributed by atoms with E-state index in [9.17, 15) is 4.79 Å². The Hall–Kier alpha value is -3.58. The lowest BCUT2D eigenvalue weighted by molar-refractivity contribution is -0.116. The molecule has 0 aliphatic heterocycles. The maximum atomic E-state index is 12.3. The molecule has 4 nitrogen and oxygen atoms in total. The second kappa shape index (κ2) is 8.68. The molecular weight excluding hydrogens is 334 g/mol. The third-order valence-corrected chi connectivity index (χ3v) is 4.40. The molecule has 1 N–H and O–H groups in total. The summed E-state index contributed by atoms with van der Waals surface area (Å²) in [7, 11) is 1.98. The summed E-state index contributed by atoms with van der Waals surface area (Å²) in [6.07, 6.45) is 0.333. The first-order valence-corrected chi connectivity index (χ1v) is 8.83. The monoisotopic (exact) mass is 355 g/mol. The zero-order valence-corrected chi connectivity index (χ0v) is 15.2. The Bertz CT molecular complexity index is 961. The molecule has 0 saturated carbocycles. The molecular formula is C23H21N3O. The summed E-state index contributed by atoms with van der Waals surface area (Å²) < 4.78 is 0. The van der Waals surface area contributed by atoms with Crippen LogP contribution in [-0.4, -0.2) is 19.5 Å². The van der Waals surface area contributed by atoms with Crippen LogP contribution in [0.2, 0.25) is 0 Å². The van der Waals surface area contributed by atoms with Crippen LogP contribution in [0.1, 0.15) is 12.0 Å². The van der Waals surface area contributed by atoms with Gasteiger partial charge in [0.05, 0.1) is 11.3 Å². The molecule has 0 aromatic heterocycles. The van der Waals surface area contributed by atoms with Crippen molar-refractivity contribution in [1.29, 1.82) is 5.26 Å². The minimum absolute atomic E-state index is 0.109. The number of amides is 1. The van der Waals surface area contributed by atoms with Gasteiger partial charge in [0.15, 0.2) is 0 Å². The van der Waals surface area contributed by atoms with E-state index in [1.807, 2.05) is 37.4 Å². The smallest absolute Gasteiger partial charge is 0.226 e. The lowest BCUT2D eigenvalue weighted by Crippen LogP contribution is -2.24. The molecule has 0 radical (unpaired) electrons. The van der Waals surface area contributed by atoms with Crippen LogP contribution in [0.15, 0.2) is 78.9 Å². The fraction of sp³-hybridized carbons (Fsp3) is 0.130. The van der Waals surface area contributed by atoms with Crippen molar-refractivity contribution in [3.05, 3.63) is 84.4 Å². The summed E-state index contributed by atoms with van der Waals surface area (Å²) >= 11 is 0. The van der Waals surface area contributed by atoms with E-state index in [-0.39, 0.29) is 5.91 Å². The first-order chi connectivity index (χ1) is 13.2. The van der Waals surface area contributed by atoms with Crippen molar-refractivity contribution in [2.24, 2.45) is 0 Å². The molecule has 0 aliphatic carbocycles. The van der Waals surface area contributed by atoms with Gasteiger partial charge in [-0.05, 0) is 23.8 Å². The van der Waals surface area contributed by atoms with Crippen molar-refractivity contribution >= 4 is 17.3 Å². The summed E-state index contributed by atoms with van der Waals surface area (Å²) in [6, 6.07) is 27.5. The Morgan fingerprint density at radius 2 is 1.63 bits per heavy atom. The van der Waals surface area contributed by atoms with Crippen molar-refractivity contribution in [2.75, 3.05) is 23.8 Å². The van der Waals surface area contributed by atoms with Crippen LogP contribution in [-0.2, 0) is 4.79 Å². The number of nitrogens with zero attached hydrogens (tertiary/aromatic N) is 2. The van der Waals surface area contributed by atoms with Crippen molar-refractivity contribution in [2.45, 2.75) is 6.42 Å². The quantitative estimate of drug-likeness (QED) is 0.698. The molecule has 0 fully saturated rings. The van der Waals surface area contributed by atoms with Gasteiger partial charge in [0.25, 0.3) is 0 Å². The summed E-state index contributed by atoms with van der Waals surface area (Å²) in [4.78, 5) is 14.4. The van der Waals surface area contributed by atoms with E-state index in [2.05, 4.69) is 40.6 Å². The Kier molecular flexibility index (Phi) is 5.86. The molecule has 27 heavy (non-hydrogen) atoms. The summed E-state index contributed by atoms with van der Waals surface area (Å²) in [6.45, 7) is 0.574. The van der Waals surface area contributed by atoms with Crippen LogP contribution >= 0.6 is 0 Å². The first kappa shape index (κ1) is 18.2. The molecule has 3 aromatic carbocycles. The second-order valence-corrected chi connectivity index (χ2v) is 6.26. The Balaban J connectivity index is 1.67. The predicted octanol–water partition coefficient (Wildman–Crippen LogP) is 4.69. The van der Waals surface area contributed by atoms with Crippen LogP contribution in [0, 0.1) is 11.3 Å². The number of hydrogen-bond acceptors (Lipinski definition) is 3. The second-order valence-electron chi connectivity index (χ2n) is 6.26. The van der Waals surface area contributed by atoms with E-state index >= 15 is 0 Å². The van der Waals surface area contributed by atoms with Crippen LogP contribution in [0.25, 0.3) is 11.1 Å². The maximum Gasteiger partial charge on any atom is 0.226 e. The molecule has 3 aromatic rings. The van der Waals surface area contributed by atoms with Gasteiger partial charge in [-0.3, -0.25) is 4.79 Å². The van der Waals surface area contributed by atoms with E-state index in [4.69, 9.17) is 5.26 Å². The molecule has 0 bridgehead atoms. The topological polar surface area (TPSA) is 56.1 Å². The lowest BCUT2D eigenvalue weighted by Gasteiger charge is -2.22. The van der Waals surface area contributed by atoms with Gasteiger partial charge in [-0.15, -0.1) is 0 Å². The summed E-state index contributed by atoms with van der Waals surface area (Å²) in [5.74, 6) is -0.109. The molecule has 134 valence electrons. The normalized spacial score (nSPS) is 10.1. The van der Waals surface area contributed by atoms with Gasteiger partial charge in [0.1, 0.15) is 6.07 Å². The van der Waals surface area contributed by atoms with E-state index in [1.165, 1.54) is 0 Å². The number of anilines is 2. The zero-order valence-electron chi connectivity index (χ0n) is 15.2. The highest BCUT2D eigenvalue weighted by Crippen LogP contribution is 2.30. The fourth-order valence-corrected chi connectivity index (χ4v) is 2.96. The van der Waals surface area contributed by atoms with Gasteiger partial charge in [0.2, 0.25) is 5.91 Å². The Morgan fingerprint density at radius 3 is 2.41 bits per heavy atom. The van der Waals surface area contributed by atoms with Gasteiger partial charge in [-0.1, -0.05) is 60.7 Å². The molecule has 1 amide bonds. The third kappa shape index (κ3) is 4.53. The molecule has 0 unspecified atom stereocenters. The third-order valence-electron chi connectivity index (χ3n) is 4.40. The average molecular weight is 355 g/mol. The molecule has 0 spiro atoms. The highest BCUT2D eigenvalue weighted by molar-refractivity contribution is 5.92. The largest absolute Gasteiger partial charge is 0.374 e. The number of nitriles is 1. The number of hydrogen-bond donors (Lipinski definition) is 1. The van der Waals surface area contributed by atoms with Crippen molar-refractivity contribution in [3.8, 4) is 17.2 Å². The van der Waals surface area contributed by atoms with Gasteiger partial charge in [-0.25, -0.2) is 0 Å². The average Bonchev–Trinajstić information content (AvgIpc) is 2.73. The van der Waals surface area contributed by atoms with Crippen molar-refractivity contribution in [3.63, 3.8) is 0 Å². The number of benzene rings is 3. The van der Waals surface area contributed by atoms with Gasteiger partial charge < -0.3 is 10.2 Å². The minimum Gasteiger partial charge on any atom is -0.374 e. The van der Waals surface area contributed by atoms with E-state index < -0.39 is 0 Å². The highest BCUT2D eigenvalue weighted by Gasteiger charge is 2.11. The SMILES string of the molecule is CN(CCC(=O)Nc1ccccc1C#N)c1ccccc1-c1ccccc1. The van der Waals surface area contributed by atoms with Gasteiger partial charge in [-0.2, -0.15) is 5.26 Å². The van der Waals surface area contributed by atoms with Crippen molar-refractivity contribution in [1.82, 2.24) is 0 Å². The lowest BCUT2D eigenvalue weighted by atomic mass is 10.0. The van der Waals surface area contributed by atoms with Crippen molar-refractivity contribution < 1.29 is 4.79 Å². The standard InChI is InChI=1S/C23H21N3O/c1-26(16-15-23(27)25-21-13-7-5-11-19(21)17-24)22-14-8-6-12-20(22)18-9-3-2-4-10-18/h2-14H,15-16H2,1H3,(H,25,27). The molecule has 4 heteroatoms. The fourth-order valence-electron chi connectivity index (χ4n) is 2.96. The highest BCUT2D eigenvalue weighted by atomic mass is 16.1. The zero-order chi connectivity index (χ0) is 19.1. The van der Waals surface area contributed by atoms with Crippen LogP contribution in [0.4, 0.5) is 11.4 Å². The summed E-state index contributed by atoms with van der Waals surface area (Å²) in [5.41, 5.74) is 4.38. The van der Waals surface area contributed by atoms with E-state index in [0.717, 1.165) is 16.8 Å². The Morgan fingerprint density at radius 1 is 0.963 bits per heavy atom. The maximum absolute atomic E-state index is 12.3. The molecule has 0 saturated heterocycles. The van der Waals surface area contributed by atoms with Crippen LogP contribution < -0.4 is 10.2 Å². The molecule has 0 heterocycles. The number of carbonyl (C=O) groups excluding carboxylic acids is 1. The van der Waals surface area contributed by atoms with E-state index in [1.54, 1.807) is 24.3 Å². The Labute approximate surface area is 159 Å². The van der Waals surface area contributed by atoms with Crippen LogP contribution in [0.3, 0.4) is 0 Å². The number of nitrogens with one attached hydrogen (secondary N) is 1. The van der Waals surface area contributed by atoms with E-state index in [0.29, 0.717) is 24.2 Å². The van der Waals surface area contributed by atoms with Crippen LogP contribution in [0.5, 0.6) is 0 Å². The van der Waals surface area contributed by atoms with Gasteiger partial charge in [0, 0.05) is 31.3 Å². The minimum atomic E-state index is -0.109. The molecule has 3 rings (SSSR count). The predicted molar refractivity (Wildman–Crippen MR) is 110 cm³/mol. The van der Waals surface area contributed by atoms with Gasteiger partial charge >= 0.3 is 0 Å².